The minimum Gasteiger partial charge on any atom is -0.250 e. The van der Waals surface area contributed by atoms with Crippen molar-refractivity contribution in [2.24, 2.45) is 0 Å². The van der Waals surface area contributed by atoms with Gasteiger partial charge in [0.25, 0.3) is 0 Å². The molecule has 1 rings (SSSR count). The van der Waals surface area contributed by atoms with Crippen LogP contribution in [0.4, 0.5) is 8.78 Å². The molecule has 0 bridgehead atoms. The third-order valence-corrected chi connectivity index (χ3v) is 1.16. The van der Waals surface area contributed by atoms with Crippen molar-refractivity contribution in [2.45, 2.75) is 0 Å². The van der Waals surface area contributed by atoms with E-state index >= 15 is 0 Å². The van der Waals surface area contributed by atoms with Crippen LogP contribution in [0.5, 0.6) is 0 Å². The second-order valence-corrected chi connectivity index (χ2v) is 1.91. The van der Waals surface area contributed by atoms with Crippen molar-refractivity contribution in [1.29, 1.82) is 0 Å². The average molecular weight is 141 g/mol. The first-order valence-corrected chi connectivity index (χ1v) is 2.97. The molecule has 0 aromatic heterocycles. The van der Waals surface area contributed by atoms with Crippen LogP contribution in [-0.4, -0.2) is 6.67 Å². The van der Waals surface area contributed by atoms with Gasteiger partial charge in [0.05, 0.1) is 6.67 Å². The van der Waals surface area contributed by atoms with E-state index in [1.165, 1.54) is 18.6 Å². The first kappa shape index (κ1) is 7.19. The highest BCUT2D eigenvalue weighted by atomic mass is 19.1. The Morgan fingerprint density at radius 1 is 1.40 bits per heavy atom. The minimum absolute atomic E-state index is 0.331. The fourth-order valence-electron chi connectivity index (χ4n) is 0.723. The largest absolute Gasteiger partial charge is 0.250 e. The zero-order valence-electron chi connectivity index (χ0n) is 5.35. The van der Waals surface area contributed by atoms with Crippen LogP contribution in [0.2, 0.25) is 0 Å². The zero-order valence-corrected chi connectivity index (χ0v) is 5.35. The Morgan fingerprint density at radius 3 is 2.80 bits per heavy atom. The van der Waals surface area contributed by atoms with Crippen LogP contribution in [0.1, 0.15) is 5.56 Å². The summed E-state index contributed by atoms with van der Waals surface area (Å²) >= 11 is 0. The van der Waals surface area contributed by atoms with Crippen molar-refractivity contribution < 1.29 is 8.78 Å². The van der Waals surface area contributed by atoms with E-state index in [1.807, 2.05) is 0 Å². The van der Waals surface area contributed by atoms with Gasteiger partial charge in [-0.2, -0.15) is 0 Å². The lowest BCUT2D eigenvalue weighted by molar-refractivity contribution is 0.543. The molecule has 0 amide bonds. The molecule has 0 aliphatic rings. The molecule has 53 valence electrons. The summed E-state index contributed by atoms with van der Waals surface area (Å²) in [4.78, 5) is 0. The quantitative estimate of drug-likeness (QED) is 0.593. The highest BCUT2D eigenvalue weighted by molar-refractivity contribution is 5.23. The number of rotatable bonds is 2. The molecule has 0 saturated carbocycles. The van der Waals surface area contributed by atoms with Crippen LogP contribution in [0, 0.1) is 12.2 Å². The molecule has 0 atom stereocenters. The van der Waals surface area contributed by atoms with Crippen molar-refractivity contribution in [3.63, 3.8) is 0 Å². The lowest BCUT2D eigenvalue weighted by Gasteiger charge is -1.94. The third kappa shape index (κ3) is 1.79. The Kier molecular flexibility index (Phi) is 2.37. The predicted octanol–water partition coefficient (Wildman–Crippen LogP) is 2.35. The van der Waals surface area contributed by atoms with Gasteiger partial charge in [-0.1, -0.05) is 12.1 Å². The second-order valence-electron chi connectivity index (χ2n) is 1.91. The molecule has 0 aliphatic heterocycles. The SMILES string of the molecule is FC[CH]c1cccc(F)c1. The Morgan fingerprint density at radius 2 is 2.20 bits per heavy atom. The topological polar surface area (TPSA) is 0 Å². The Bertz CT molecular complexity index is 208. The van der Waals surface area contributed by atoms with Gasteiger partial charge in [0.1, 0.15) is 5.82 Å². The van der Waals surface area contributed by atoms with Crippen LogP contribution in [-0.2, 0) is 0 Å². The fraction of sp³-hybridized carbons (Fsp3) is 0.125. The van der Waals surface area contributed by atoms with Crippen LogP contribution >= 0.6 is 0 Å². The standard InChI is InChI=1S/C8H7F2/c9-5-4-7-2-1-3-8(10)6-7/h1-4,6H,5H2. The Hall–Kier alpha value is -0.920. The van der Waals surface area contributed by atoms with Gasteiger partial charge in [0, 0.05) is 6.42 Å². The molecule has 0 unspecified atom stereocenters. The Labute approximate surface area is 58.5 Å². The van der Waals surface area contributed by atoms with E-state index in [-0.39, 0.29) is 5.82 Å². The summed E-state index contributed by atoms with van der Waals surface area (Å²) in [6.45, 7) is -0.552. The van der Waals surface area contributed by atoms with Gasteiger partial charge in [-0.25, -0.2) is 4.39 Å². The summed E-state index contributed by atoms with van der Waals surface area (Å²) in [5.41, 5.74) is 0.586. The average Bonchev–Trinajstić information content (AvgIpc) is 1.88. The first-order chi connectivity index (χ1) is 4.83. The van der Waals surface area contributed by atoms with Crippen molar-refractivity contribution in [3.8, 4) is 0 Å². The zero-order chi connectivity index (χ0) is 7.40. The molecule has 1 radical (unpaired) electrons. The summed E-state index contributed by atoms with van der Waals surface area (Å²) in [6, 6.07) is 5.83. The molecule has 0 nitrogen and oxygen atoms in total. The lowest BCUT2D eigenvalue weighted by Crippen LogP contribution is -1.83. The van der Waals surface area contributed by atoms with E-state index in [0.29, 0.717) is 5.56 Å². The van der Waals surface area contributed by atoms with Gasteiger partial charge in [0.2, 0.25) is 0 Å². The van der Waals surface area contributed by atoms with Crippen molar-refractivity contribution in [1.82, 2.24) is 0 Å². The second kappa shape index (κ2) is 3.30. The molecule has 0 saturated heterocycles. The molecule has 1 aromatic rings. The summed E-state index contributed by atoms with van der Waals surface area (Å²) in [5, 5.41) is 0. The van der Waals surface area contributed by atoms with Crippen LogP contribution in [0.25, 0.3) is 0 Å². The molecular weight excluding hydrogens is 134 g/mol. The van der Waals surface area contributed by atoms with Crippen molar-refractivity contribution >= 4 is 0 Å². The van der Waals surface area contributed by atoms with Crippen molar-refractivity contribution in [2.75, 3.05) is 6.67 Å². The van der Waals surface area contributed by atoms with Gasteiger partial charge in [-0.05, 0) is 17.7 Å². The third-order valence-electron chi connectivity index (χ3n) is 1.16. The number of alkyl halides is 1. The summed E-state index contributed by atoms with van der Waals surface area (Å²) in [7, 11) is 0. The maximum Gasteiger partial charge on any atom is 0.123 e. The van der Waals surface area contributed by atoms with Gasteiger partial charge in [-0.3, -0.25) is 4.39 Å². The van der Waals surface area contributed by atoms with E-state index in [2.05, 4.69) is 0 Å². The smallest absolute Gasteiger partial charge is 0.123 e. The maximum atomic E-state index is 12.3. The van der Waals surface area contributed by atoms with E-state index < -0.39 is 6.67 Å². The van der Waals surface area contributed by atoms with Crippen molar-refractivity contribution in [3.05, 3.63) is 42.1 Å². The monoisotopic (exact) mass is 141 g/mol. The fourth-order valence-corrected chi connectivity index (χ4v) is 0.723. The number of hydrogen-bond donors (Lipinski definition) is 0. The molecule has 0 spiro atoms. The highest BCUT2D eigenvalue weighted by Gasteiger charge is 1.93. The van der Waals surface area contributed by atoms with Gasteiger partial charge in [-0.15, -0.1) is 0 Å². The summed E-state index contributed by atoms with van der Waals surface area (Å²) < 4.78 is 24.0. The minimum atomic E-state index is -0.552. The number of halogens is 2. The predicted molar refractivity (Wildman–Crippen MR) is 35.8 cm³/mol. The highest BCUT2D eigenvalue weighted by Crippen LogP contribution is 2.05. The normalized spacial score (nSPS) is 9.80. The molecule has 2 heteroatoms. The Balaban J connectivity index is 2.75. The maximum absolute atomic E-state index is 12.3. The lowest BCUT2D eigenvalue weighted by atomic mass is 10.2. The molecule has 0 fully saturated rings. The van der Waals surface area contributed by atoms with E-state index in [0.717, 1.165) is 0 Å². The molecule has 0 heterocycles. The summed E-state index contributed by atoms with van der Waals surface area (Å²) in [6.07, 6.45) is 1.32. The first-order valence-electron chi connectivity index (χ1n) is 2.97. The van der Waals surface area contributed by atoms with Crippen LogP contribution in [0.3, 0.4) is 0 Å². The van der Waals surface area contributed by atoms with E-state index in [9.17, 15) is 8.78 Å². The molecular formula is C8H7F2. The van der Waals surface area contributed by atoms with Gasteiger partial charge in [0.15, 0.2) is 0 Å². The van der Waals surface area contributed by atoms with Crippen LogP contribution in [0.15, 0.2) is 24.3 Å². The summed E-state index contributed by atoms with van der Waals surface area (Å²) in [5.74, 6) is -0.331. The molecule has 0 aliphatic carbocycles. The van der Waals surface area contributed by atoms with E-state index in [4.69, 9.17) is 0 Å². The van der Waals surface area contributed by atoms with Crippen LogP contribution < -0.4 is 0 Å². The molecule has 10 heavy (non-hydrogen) atoms. The molecule has 1 aromatic carbocycles. The van der Waals surface area contributed by atoms with Gasteiger partial charge >= 0.3 is 0 Å². The molecule has 0 N–H and O–H groups in total. The number of hydrogen-bond acceptors (Lipinski definition) is 0. The van der Waals surface area contributed by atoms with Gasteiger partial charge < -0.3 is 0 Å². The number of benzene rings is 1. The van der Waals surface area contributed by atoms with E-state index in [1.54, 1.807) is 12.1 Å².